The molecule has 3 amide bonds. The first-order chi connectivity index (χ1) is 13.5. The minimum Gasteiger partial charge on any atom is -0.337 e. The monoisotopic (exact) mass is 416 g/mol. The summed E-state index contributed by atoms with van der Waals surface area (Å²) in [5.74, 6) is -1.14. The van der Waals surface area contributed by atoms with Gasteiger partial charge in [-0.2, -0.15) is 0 Å². The van der Waals surface area contributed by atoms with Crippen molar-refractivity contribution in [2.45, 2.75) is 6.42 Å². The van der Waals surface area contributed by atoms with E-state index in [9.17, 15) is 14.0 Å². The van der Waals surface area contributed by atoms with Crippen LogP contribution in [0.1, 0.15) is 15.4 Å². The Morgan fingerprint density at radius 2 is 1.89 bits per heavy atom. The smallest absolute Gasteiger partial charge is 0.331 e. The van der Waals surface area contributed by atoms with Crippen LogP contribution in [0.15, 0.2) is 60.1 Å². The van der Waals surface area contributed by atoms with E-state index in [-0.39, 0.29) is 11.6 Å². The first-order valence-corrected chi connectivity index (χ1v) is 9.63. The number of rotatable bonds is 6. The average molecular weight is 417 g/mol. The Hall–Kier alpha value is -2.91. The Labute approximate surface area is 171 Å². The molecular weight excluding hydrogens is 399 g/mol. The topological polar surface area (TPSA) is 74.3 Å². The van der Waals surface area contributed by atoms with Gasteiger partial charge in [-0.3, -0.25) is 4.79 Å². The summed E-state index contributed by atoms with van der Waals surface area (Å²) >= 11 is 5.74. The van der Waals surface area contributed by atoms with Crippen LogP contribution in [0.25, 0.3) is 0 Å². The number of amides is 3. The second-order valence-corrected chi connectivity index (χ2v) is 7.08. The number of nitrogens with zero attached hydrogens (tertiary/aromatic N) is 2. The maximum atomic E-state index is 13.7. The summed E-state index contributed by atoms with van der Waals surface area (Å²) in [6, 6.07) is 11.9. The molecule has 1 aromatic heterocycles. The minimum absolute atomic E-state index is 0.0398. The number of hydrogen-bond acceptors (Lipinski definition) is 5. The van der Waals surface area contributed by atoms with Gasteiger partial charge in [0.1, 0.15) is 5.82 Å². The van der Waals surface area contributed by atoms with Crippen molar-refractivity contribution < 1.29 is 14.0 Å². The highest BCUT2D eigenvalue weighted by molar-refractivity contribution is 7.82. The van der Waals surface area contributed by atoms with Crippen molar-refractivity contribution in [3.63, 3.8) is 0 Å². The van der Waals surface area contributed by atoms with Crippen LogP contribution in [-0.4, -0.2) is 23.5 Å². The highest BCUT2D eigenvalue weighted by atomic mass is 32.1. The van der Waals surface area contributed by atoms with Crippen molar-refractivity contribution in [2.75, 3.05) is 16.2 Å². The molecule has 6 nitrogen and oxygen atoms in total. The lowest BCUT2D eigenvalue weighted by Crippen LogP contribution is -2.35. The van der Waals surface area contributed by atoms with Gasteiger partial charge in [-0.1, -0.05) is 24.9 Å². The fraction of sp³-hybridized carbons (Fsp3) is 0.105. The fourth-order valence-corrected chi connectivity index (χ4v) is 3.20. The Bertz CT molecular complexity index is 949. The fourth-order valence-electron chi connectivity index (χ4n) is 2.37. The molecule has 0 saturated carbocycles. The quantitative estimate of drug-likeness (QED) is 0.529. The molecule has 0 unspecified atom stereocenters. The van der Waals surface area contributed by atoms with E-state index in [1.807, 2.05) is 5.38 Å². The van der Waals surface area contributed by atoms with Gasteiger partial charge in [0.25, 0.3) is 5.91 Å². The van der Waals surface area contributed by atoms with Crippen LogP contribution >= 0.6 is 24.2 Å². The molecule has 0 aliphatic heterocycles. The summed E-state index contributed by atoms with van der Waals surface area (Å²) in [5, 5.41) is 8.20. The first-order valence-electron chi connectivity index (χ1n) is 8.36. The molecule has 0 atom stereocenters. The number of thiol groups is 1. The van der Waals surface area contributed by atoms with E-state index >= 15 is 0 Å². The molecule has 9 heteroatoms. The SMILES string of the molecule is O=C(Nc1ccc(N(S)C(=O)NCCc2nccs2)cc1)c1ccccc1F. The van der Waals surface area contributed by atoms with Crippen LogP contribution in [0.5, 0.6) is 0 Å². The van der Waals surface area contributed by atoms with Crippen molar-refractivity contribution >= 4 is 47.5 Å². The van der Waals surface area contributed by atoms with Crippen molar-refractivity contribution in [1.82, 2.24) is 10.3 Å². The molecule has 3 rings (SSSR count). The first kappa shape index (κ1) is 19.8. The number of nitrogens with one attached hydrogen (secondary N) is 2. The lowest BCUT2D eigenvalue weighted by atomic mass is 10.2. The lowest BCUT2D eigenvalue weighted by molar-refractivity contribution is 0.102. The summed E-state index contributed by atoms with van der Waals surface area (Å²) in [6.07, 6.45) is 2.37. The van der Waals surface area contributed by atoms with Gasteiger partial charge in [-0.05, 0) is 36.4 Å². The van der Waals surface area contributed by atoms with Crippen LogP contribution < -0.4 is 14.9 Å². The number of aromatic nitrogens is 1. The predicted octanol–water partition coefficient (Wildman–Crippen LogP) is 4.14. The summed E-state index contributed by atoms with van der Waals surface area (Å²) in [5.41, 5.74) is 0.962. The molecule has 28 heavy (non-hydrogen) atoms. The lowest BCUT2D eigenvalue weighted by Gasteiger charge is -2.17. The van der Waals surface area contributed by atoms with E-state index in [4.69, 9.17) is 0 Å². The van der Waals surface area contributed by atoms with Gasteiger partial charge in [0.15, 0.2) is 0 Å². The van der Waals surface area contributed by atoms with Crippen molar-refractivity contribution in [2.24, 2.45) is 0 Å². The molecule has 0 fully saturated rings. The Morgan fingerprint density at radius 3 is 2.57 bits per heavy atom. The Morgan fingerprint density at radius 1 is 1.14 bits per heavy atom. The van der Waals surface area contributed by atoms with Gasteiger partial charge in [0.05, 0.1) is 16.3 Å². The molecular formula is C19H17FN4O2S2. The van der Waals surface area contributed by atoms with E-state index in [1.165, 1.54) is 33.8 Å². The summed E-state index contributed by atoms with van der Waals surface area (Å²) in [4.78, 5) is 28.5. The number of carbonyl (C=O) groups excluding carboxylic acids is 2. The molecule has 3 aromatic rings. The predicted molar refractivity (Wildman–Crippen MR) is 111 cm³/mol. The van der Waals surface area contributed by atoms with E-state index in [1.54, 1.807) is 36.5 Å². The van der Waals surface area contributed by atoms with Crippen LogP contribution in [0.2, 0.25) is 0 Å². The minimum atomic E-state index is -0.590. The Kier molecular flexibility index (Phi) is 6.62. The van der Waals surface area contributed by atoms with Gasteiger partial charge in [-0.15, -0.1) is 11.3 Å². The summed E-state index contributed by atoms with van der Waals surface area (Å²) in [6.45, 7) is 0.445. The van der Waals surface area contributed by atoms with Gasteiger partial charge in [0.2, 0.25) is 0 Å². The van der Waals surface area contributed by atoms with Crippen LogP contribution in [-0.2, 0) is 6.42 Å². The van der Waals surface area contributed by atoms with E-state index < -0.39 is 11.7 Å². The second-order valence-electron chi connectivity index (χ2n) is 5.70. The number of hydrogen-bond donors (Lipinski definition) is 3. The number of thiazole rings is 1. The number of anilines is 2. The average Bonchev–Trinajstić information content (AvgIpc) is 3.21. The molecule has 0 bridgehead atoms. The second kappa shape index (κ2) is 9.34. The van der Waals surface area contributed by atoms with Crippen molar-refractivity contribution in [1.29, 1.82) is 0 Å². The normalized spacial score (nSPS) is 10.4. The number of halogens is 1. The third-order valence-corrected chi connectivity index (χ3v) is 5.03. The molecule has 0 aliphatic carbocycles. The largest absolute Gasteiger partial charge is 0.337 e. The molecule has 2 aromatic carbocycles. The highest BCUT2D eigenvalue weighted by Gasteiger charge is 2.13. The zero-order valence-corrected chi connectivity index (χ0v) is 16.3. The van der Waals surface area contributed by atoms with Crippen LogP contribution in [0, 0.1) is 5.82 Å². The van der Waals surface area contributed by atoms with Crippen molar-refractivity contribution in [3.05, 3.63) is 76.5 Å². The van der Waals surface area contributed by atoms with Gasteiger partial charge >= 0.3 is 6.03 Å². The van der Waals surface area contributed by atoms with Gasteiger partial charge < -0.3 is 10.6 Å². The number of urea groups is 1. The van der Waals surface area contributed by atoms with E-state index in [2.05, 4.69) is 28.4 Å². The summed E-state index contributed by atoms with van der Waals surface area (Å²) < 4.78 is 14.8. The van der Waals surface area contributed by atoms with Crippen LogP contribution in [0.3, 0.4) is 0 Å². The standard InChI is InChI=1S/C19H17FN4O2S2/c20-16-4-2-1-3-15(16)18(25)23-13-5-7-14(8-6-13)24(27)19(26)22-10-9-17-21-11-12-28-17/h1-8,11-12,27H,9-10H2,(H,22,26)(H,23,25). The Balaban J connectivity index is 1.54. The summed E-state index contributed by atoms with van der Waals surface area (Å²) in [7, 11) is 0. The zero-order valence-electron chi connectivity index (χ0n) is 14.6. The zero-order chi connectivity index (χ0) is 19.9. The maximum absolute atomic E-state index is 13.7. The van der Waals surface area contributed by atoms with Crippen molar-refractivity contribution in [3.8, 4) is 0 Å². The number of benzene rings is 2. The molecule has 0 aliphatic rings. The highest BCUT2D eigenvalue weighted by Crippen LogP contribution is 2.20. The van der Waals surface area contributed by atoms with Gasteiger partial charge in [0, 0.05) is 30.2 Å². The number of carbonyl (C=O) groups is 2. The molecule has 0 radical (unpaired) electrons. The molecule has 1 heterocycles. The van der Waals surface area contributed by atoms with E-state index in [0.29, 0.717) is 24.3 Å². The van der Waals surface area contributed by atoms with Crippen LogP contribution in [0.4, 0.5) is 20.6 Å². The van der Waals surface area contributed by atoms with E-state index in [0.717, 1.165) is 5.01 Å². The maximum Gasteiger partial charge on any atom is 0.331 e. The molecule has 144 valence electrons. The molecule has 0 saturated heterocycles. The third-order valence-electron chi connectivity index (χ3n) is 3.78. The molecule has 0 spiro atoms. The third kappa shape index (κ3) is 5.08. The van der Waals surface area contributed by atoms with Gasteiger partial charge in [-0.25, -0.2) is 18.5 Å². The molecule has 2 N–H and O–H groups in total.